The fourth-order valence-electron chi connectivity index (χ4n) is 1.58. The van der Waals surface area contributed by atoms with Gasteiger partial charge in [0.25, 0.3) is 0 Å². The maximum atomic E-state index is 9.95. The molecule has 0 bridgehead atoms. The van der Waals surface area contributed by atoms with Gasteiger partial charge in [-0.15, -0.1) is 0 Å². The van der Waals surface area contributed by atoms with Crippen LogP contribution in [0.1, 0.15) is 47.0 Å². The molecule has 0 saturated heterocycles. The quantitative estimate of drug-likeness (QED) is 0.665. The molecule has 0 aliphatic heterocycles. The third-order valence-corrected chi connectivity index (χ3v) is 2.50. The number of aliphatic hydroxyl groups is 1. The molecule has 0 spiro atoms. The average molecular weight is 188 g/mol. The molecule has 0 heterocycles. The molecular formula is C11H24O2. The van der Waals surface area contributed by atoms with Crippen LogP contribution in [-0.4, -0.2) is 23.9 Å². The highest BCUT2D eigenvalue weighted by molar-refractivity contribution is 4.75. The normalized spacial score (nSPS) is 16.2. The van der Waals surface area contributed by atoms with E-state index in [1.807, 2.05) is 13.8 Å². The van der Waals surface area contributed by atoms with Crippen LogP contribution in [0, 0.1) is 5.92 Å². The molecule has 0 aromatic heterocycles. The van der Waals surface area contributed by atoms with Gasteiger partial charge in [-0.05, 0) is 26.2 Å². The summed E-state index contributed by atoms with van der Waals surface area (Å²) in [6.45, 7) is 9.29. The second kappa shape index (κ2) is 6.39. The molecule has 1 atom stereocenters. The van der Waals surface area contributed by atoms with Crippen LogP contribution < -0.4 is 0 Å². The van der Waals surface area contributed by atoms with E-state index in [1.54, 1.807) is 0 Å². The van der Waals surface area contributed by atoms with E-state index in [9.17, 15) is 5.11 Å². The molecular weight excluding hydrogens is 164 g/mol. The Bertz CT molecular complexity index is 117. The van der Waals surface area contributed by atoms with Gasteiger partial charge in [0.05, 0.1) is 12.2 Å². The van der Waals surface area contributed by atoms with Crippen LogP contribution in [0.25, 0.3) is 0 Å². The Kier molecular flexibility index (Phi) is 6.35. The lowest BCUT2D eigenvalue weighted by molar-refractivity contribution is -0.0458. The van der Waals surface area contributed by atoms with Crippen molar-refractivity contribution in [2.24, 2.45) is 5.92 Å². The number of ether oxygens (including phenoxy) is 1. The number of hydrogen-bond acceptors (Lipinski definition) is 2. The van der Waals surface area contributed by atoms with Gasteiger partial charge in [-0.3, -0.25) is 0 Å². The van der Waals surface area contributed by atoms with Crippen LogP contribution in [0.3, 0.4) is 0 Å². The van der Waals surface area contributed by atoms with Crippen molar-refractivity contribution in [1.29, 1.82) is 0 Å². The van der Waals surface area contributed by atoms with E-state index < -0.39 is 5.60 Å². The molecule has 0 fully saturated rings. The minimum absolute atomic E-state index is 0.458. The van der Waals surface area contributed by atoms with Gasteiger partial charge in [0.1, 0.15) is 0 Å². The Hall–Kier alpha value is -0.0800. The van der Waals surface area contributed by atoms with Crippen LogP contribution in [-0.2, 0) is 4.74 Å². The molecule has 0 amide bonds. The van der Waals surface area contributed by atoms with Crippen molar-refractivity contribution >= 4 is 0 Å². The number of hydrogen-bond donors (Lipinski definition) is 1. The van der Waals surface area contributed by atoms with Gasteiger partial charge in [0, 0.05) is 6.61 Å². The number of rotatable bonds is 7. The Balaban J connectivity index is 3.83. The molecule has 0 saturated carbocycles. The molecule has 0 radical (unpaired) electrons. The molecule has 0 aromatic carbocycles. The Labute approximate surface area is 82.3 Å². The molecule has 0 aromatic rings. The second-order valence-corrected chi connectivity index (χ2v) is 4.02. The third kappa shape index (κ3) is 6.05. The molecule has 2 heteroatoms. The van der Waals surface area contributed by atoms with Gasteiger partial charge in [-0.25, -0.2) is 0 Å². The van der Waals surface area contributed by atoms with Crippen molar-refractivity contribution in [2.75, 3.05) is 13.2 Å². The lowest BCUT2D eigenvalue weighted by Crippen LogP contribution is -2.33. The lowest BCUT2D eigenvalue weighted by Gasteiger charge is -2.27. The predicted octanol–water partition coefficient (Wildman–Crippen LogP) is 2.60. The Morgan fingerprint density at radius 2 is 1.77 bits per heavy atom. The van der Waals surface area contributed by atoms with Crippen LogP contribution in [0.2, 0.25) is 0 Å². The first-order chi connectivity index (χ1) is 6.05. The second-order valence-electron chi connectivity index (χ2n) is 4.02. The Morgan fingerprint density at radius 3 is 2.15 bits per heavy atom. The summed E-state index contributed by atoms with van der Waals surface area (Å²) in [7, 11) is 0. The first-order valence-corrected chi connectivity index (χ1v) is 5.35. The highest BCUT2D eigenvalue weighted by Gasteiger charge is 2.23. The van der Waals surface area contributed by atoms with Gasteiger partial charge in [-0.2, -0.15) is 0 Å². The van der Waals surface area contributed by atoms with Crippen molar-refractivity contribution in [3.05, 3.63) is 0 Å². The molecule has 0 aliphatic carbocycles. The molecule has 13 heavy (non-hydrogen) atoms. The Morgan fingerprint density at radius 1 is 1.23 bits per heavy atom. The predicted molar refractivity (Wildman–Crippen MR) is 55.8 cm³/mol. The summed E-state index contributed by atoms with van der Waals surface area (Å²) in [5, 5.41) is 9.95. The van der Waals surface area contributed by atoms with Gasteiger partial charge in [-0.1, -0.05) is 26.7 Å². The maximum absolute atomic E-state index is 9.95. The lowest BCUT2D eigenvalue weighted by atomic mass is 9.89. The molecule has 1 N–H and O–H groups in total. The standard InChI is InChI=1S/C11H24O2/c1-5-10(6-2)8-11(4,12)9-13-7-3/h10,12H,5-9H2,1-4H3. The van der Waals surface area contributed by atoms with Crippen LogP contribution in [0.15, 0.2) is 0 Å². The largest absolute Gasteiger partial charge is 0.388 e. The SMILES string of the molecule is CCOCC(C)(O)CC(CC)CC. The van der Waals surface area contributed by atoms with E-state index in [-0.39, 0.29) is 0 Å². The summed E-state index contributed by atoms with van der Waals surface area (Å²) >= 11 is 0. The zero-order valence-electron chi connectivity index (χ0n) is 9.47. The van der Waals surface area contributed by atoms with Gasteiger partial charge in [0.15, 0.2) is 0 Å². The first kappa shape index (κ1) is 12.9. The van der Waals surface area contributed by atoms with E-state index >= 15 is 0 Å². The van der Waals surface area contributed by atoms with E-state index in [1.165, 1.54) is 0 Å². The third-order valence-electron chi connectivity index (χ3n) is 2.50. The summed E-state index contributed by atoms with van der Waals surface area (Å²) in [5.41, 5.74) is -0.646. The fourth-order valence-corrected chi connectivity index (χ4v) is 1.58. The van der Waals surface area contributed by atoms with Crippen molar-refractivity contribution in [2.45, 2.75) is 52.6 Å². The van der Waals surface area contributed by atoms with Crippen molar-refractivity contribution in [1.82, 2.24) is 0 Å². The van der Waals surface area contributed by atoms with E-state index in [4.69, 9.17) is 4.74 Å². The monoisotopic (exact) mass is 188 g/mol. The van der Waals surface area contributed by atoms with E-state index in [2.05, 4.69) is 13.8 Å². The summed E-state index contributed by atoms with van der Waals surface area (Å²) in [4.78, 5) is 0. The molecule has 1 unspecified atom stereocenters. The van der Waals surface area contributed by atoms with Gasteiger partial charge < -0.3 is 9.84 Å². The summed E-state index contributed by atoms with van der Waals surface area (Å²) < 4.78 is 5.24. The smallest absolute Gasteiger partial charge is 0.0854 e. The highest BCUT2D eigenvalue weighted by atomic mass is 16.5. The maximum Gasteiger partial charge on any atom is 0.0854 e. The van der Waals surface area contributed by atoms with E-state index in [0.29, 0.717) is 19.1 Å². The minimum atomic E-state index is -0.646. The fraction of sp³-hybridized carbons (Fsp3) is 1.00. The highest BCUT2D eigenvalue weighted by Crippen LogP contribution is 2.22. The average Bonchev–Trinajstić information content (AvgIpc) is 2.11. The van der Waals surface area contributed by atoms with Crippen LogP contribution >= 0.6 is 0 Å². The summed E-state index contributed by atoms with van der Waals surface area (Å²) in [6.07, 6.45) is 3.12. The van der Waals surface area contributed by atoms with Crippen molar-refractivity contribution in [3.63, 3.8) is 0 Å². The minimum Gasteiger partial charge on any atom is -0.388 e. The topological polar surface area (TPSA) is 29.5 Å². The summed E-state index contributed by atoms with van der Waals surface area (Å²) in [6, 6.07) is 0. The van der Waals surface area contributed by atoms with Crippen molar-refractivity contribution < 1.29 is 9.84 Å². The van der Waals surface area contributed by atoms with Gasteiger partial charge >= 0.3 is 0 Å². The zero-order valence-corrected chi connectivity index (χ0v) is 9.47. The molecule has 80 valence electrons. The van der Waals surface area contributed by atoms with E-state index in [0.717, 1.165) is 19.3 Å². The zero-order chi connectivity index (χ0) is 10.3. The molecule has 0 aliphatic rings. The van der Waals surface area contributed by atoms with Crippen LogP contribution in [0.4, 0.5) is 0 Å². The first-order valence-electron chi connectivity index (χ1n) is 5.35. The van der Waals surface area contributed by atoms with Crippen molar-refractivity contribution in [3.8, 4) is 0 Å². The summed E-state index contributed by atoms with van der Waals surface area (Å²) in [5.74, 6) is 0.621. The van der Waals surface area contributed by atoms with Crippen LogP contribution in [0.5, 0.6) is 0 Å². The molecule has 0 rings (SSSR count). The van der Waals surface area contributed by atoms with Gasteiger partial charge in [0.2, 0.25) is 0 Å². The molecule has 2 nitrogen and oxygen atoms in total.